The lowest BCUT2D eigenvalue weighted by molar-refractivity contribution is -0.147. The SMILES string of the molecule is COC(C)(C)C(C)(C)OC.COC1CC(OC)C1.COCOC.COc1ccccc1OC. The Bertz CT molecular complexity index is 524. The first kappa shape index (κ1) is 33.8. The van der Waals surface area contributed by atoms with E-state index in [0.717, 1.165) is 24.3 Å². The molecule has 33 heavy (non-hydrogen) atoms. The second-order valence-corrected chi connectivity index (χ2v) is 8.17. The Kier molecular flexibility index (Phi) is 19.4. The number of para-hydroxylation sites is 2. The molecule has 0 aromatic heterocycles. The molecule has 1 aromatic carbocycles. The highest BCUT2D eigenvalue weighted by Gasteiger charge is 2.37. The van der Waals surface area contributed by atoms with Gasteiger partial charge in [-0.05, 0) is 52.7 Å². The predicted octanol–water partition coefficient (Wildman–Crippen LogP) is 4.59. The largest absolute Gasteiger partial charge is 0.493 e. The number of rotatable bonds is 9. The van der Waals surface area contributed by atoms with E-state index >= 15 is 0 Å². The highest BCUT2D eigenvalue weighted by molar-refractivity contribution is 5.39. The average Bonchev–Trinajstić information content (AvgIpc) is 2.80. The van der Waals surface area contributed by atoms with Gasteiger partial charge in [0.1, 0.15) is 6.79 Å². The van der Waals surface area contributed by atoms with Gasteiger partial charge in [0.25, 0.3) is 0 Å². The first-order chi connectivity index (χ1) is 15.5. The van der Waals surface area contributed by atoms with Crippen LogP contribution in [0.2, 0.25) is 0 Å². The third-order valence-corrected chi connectivity index (χ3v) is 5.71. The van der Waals surface area contributed by atoms with E-state index in [9.17, 15) is 0 Å². The van der Waals surface area contributed by atoms with Crippen molar-refractivity contribution in [1.82, 2.24) is 0 Å². The maximum absolute atomic E-state index is 5.27. The summed E-state index contributed by atoms with van der Waals surface area (Å²) in [6.45, 7) is 8.43. The summed E-state index contributed by atoms with van der Waals surface area (Å²) in [6.07, 6.45) is 3.10. The van der Waals surface area contributed by atoms with Gasteiger partial charge in [-0.2, -0.15) is 0 Å². The predicted molar refractivity (Wildman–Crippen MR) is 131 cm³/mol. The molecular formula is C25H48O8. The van der Waals surface area contributed by atoms with E-state index in [1.165, 1.54) is 0 Å². The lowest BCUT2D eigenvalue weighted by atomic mass is 9.89. The molecule has 0 atom stereocenters. The van der Waals surface area contributed by atoms with Crippen LogP contribution in [0.5, 0.6) is 11.5 Å². The topological polar surface area (TPSA) is 73.8 Å². The Morgan fingerprint density at radius 1 is 0.636 bits per heavy atom. The van der Waals surface area contributed by atoms with Crippen molar-refractivity contribution >= 4 is 0 Å². The molecule has 0 amide bonds. The van der Waals surface area contributed by atoms with Crippen LogP contribution in [0, 0.1) is 0 Å². The fourth-order valence-corrected chi connectivity index (χ4v) is 2.30. The Labute approximate surface area is 201 Å². The van der Waals surface area contributed by atoms with Crippen LogP contribution in [0.4, 0.5) is 0 Å². The summed E-state index contributed by atoms with van der Waals surface area (Å²) < 4.78 is 39.6. The summed E-state index contributed by atoms with van der Waals surface area (Å²) in [7, 11) is 13.3. The zero-order chi connectivity index (χ0) is 25.9. The van der Waals surface area contributed by atoms with E-state index in [1.807, 2.05) is 52.0 Å². The van der Waals surface area contributed by atoms with Crippen LogP contribution in [0.3, 0.4) is 0 Å². The molecule has 1 aliphatic rings. The van der Waals surface area contributed by atoms with Crippen molar-refractivity contribution in [2.45, 2.75) is 63.9 Å². The van der Waals surface area contributed by atoms with Gasteiger partial charge >= 0.3 is 0 Å². The summed E-state index contributed by atoms with van der Waals surface area (Å²) in [5.41, 5.74) is -0.469. The molecule has 0 unspecified atom stereocenters. The summed E-state index contributed by atoms with van der Waals surface area (Å²) in [5.74, 6) is 1.54. The lowest BCUT2D eigenvalue weighted by Gasteiger charge is -2.38. The first-order valence-corrected chi connectivity index (χ1v) is 10.8. The van der Waals surface area contributed by atoms with Crippen LogP contribution < -0.4 is 9.47 Å². The van der Waals surface area contributed by atoms with E-state index in [1.54, 1.807) is 56.9 Å². The van der Waals surface area contributed by atoms with Crippen LogP contribution in [0.15, 0.2) is 24.3 Å². The van der Waals surface area contributed by atoms with Crippen LogP contribution in [-0.2, 0) is 28.4 Å². The Morgan fingerprint density at radius 2 is 0.970 bits per heavy atom. The number of ether oxygens (including phenoxy) is 8. The summed E-state index contributed by atoms with van der Waals surface area (Å²) in [6, 6.07) is 7.53. The van der Waals surface area contributed by atoms with Gasteiger partial charge in [0, 0.05) is 42.7 Å². The third kappa shape index (κ3) is 13.8. The first-order valence-electron chi connectivity index (χ1n) is 10.8. The fourth-order valence-electron chi connectivity index (χ4n) is 2.30. The van der Waals surface area contributed by atoms with E-state index < -0.39 is 0 Å². The molecule has 8 nitrogen and oxygen atoms in total. The molecule has 0 saturated heterocycles. The summed E-state index contributed by atoms with van der Waals surface area (Å²) in [4.78, 5) is 0. The second-order valence-electron chi connectivity index (χ2n) is 8.17. The maximum Gasteiger partial charge on any atom is 0.160 e. The normalized spacial score (nSPS) is 17.1. The fraction of sp³-hybridized carbons (Fsp3) is 0.760. The van der Waals surface area contributed by atoms with Gasteiger partial charge in [-0.3, -0.25) is 0 Å². The van der Waals surface area contributed by atoms with Gasteiger partial charge in [-0.1, -0.05) is 12.1 Å². The minimum absolute atomic E-state index is 0.234. The second kappa shape index (κ2) is 18.9. The number of methoxy groups -OCH3 is 8. The van der Waals surface area contributed by atoms with Gasteiger partial charge in [-0.25, -0.2) is 0 Å². The lowest BCUT2D eigenvalue weighted by Crippen LogP contribution is -2.48. The molecule has 1 aromatic rings. The van der Waals surface area contributed by atoms with Crippen LogP contribution in [0.1, 0.15) is 40.5 Å². The van der Waals surface area contributed by atoms with Crippen molar-refractivity contribution in [2.75, 3.05) is 63.7 Å². The standard InChI is InChI=1S/C8H10O2.C8H18O2.C6H12O2.C3H8O2/c1-9-7-5-3-4-6-8(7)10-2;1-7(2,9-5)8(3,4)10-6;1-7-5-3-6(4-5)8-2;1-4-3-5-2/h3-6H,1-2H3;1-6H3;5-6H,3-4H2,1-2H3;3H2,1-2H3. The molecule has 0 spiro atoms. The van der Waals surface area contributed by atoms with Crippen molar-refractivity contribution in [3.63, 3.8) is 0 Å². The van der Waals surface area contributed by atoms with Gasteiger partial charge < -0.3 is 37.9 Å². The molecular weight excluding hydrogens is 428 g/mol. The van der Waals surface area contributed by atoms with E-state index in [-0.39, 0.29) is 11.2 Å². The van der Waals surface area contributed by atoms with Crippen LogP contribution in [-0.4, -0.2) is 87.1 Å². The van der Waals surface area contributed by atoms with Gasteiger partial charge in [0.05, 0.1) is 37.6 Å². The van der Waals surface area contributed by atoms with Gasteiger partial charge in [0.2, 0.25) is 0 Å². The highest BCUT2D eigenvalue weighted by atomic mass is 16.6. The summed E-state index contributed by atoms with van der Waals surface area (Å²) >= 11 is 0. The Hall–Kier alpha value is -1.42. The zero-order valence-corrected chi connectivity index (χ0v) is 22.9. The van der Waals surface area contributed by atoms with Gasteiger partial charge in [-0.15, -0.1) is 0 Å². The van der Waals surface area contributed by atoms with Gasteiger partial charge in [0.15, 0.2) is 11.5 Å². The molecule has 1 fully saturated rings. The number of hydrogen-bond donors (Lipinski definition) is 0. The smallest absolute Gasteiger partial charge is 0.160 e. The van der Waals surface area contributed by atoms with Crippen molar-refractivity contribution in [3.05, 3.63) is 24.3 Å². The average molecular weight is 477 g/mol. The number of hydrogen-bond acceptors (Lipinski definition) is 8. The monoisotopic (exact) mass is 476 g/mol. The molecule has 1 saturated carbocycles. The molecule has 8 heteroatoms. The molecule has 0 radical (unpaired) electrons. The van der Waals surface area contributed by atoms with E-state index in [4.69, 9.17) is 28.4 Å². The molecule has 0 heterocycles. The maximum atomic E-state index is 5.27. The molecule has 1 aliphatic carbocycles. The minimum Gasteiger partial charge on any atom is -0.493 e. The zero-order valence-electron chi connectivity index (χ0n) is 22.9. The molecule has 0 aliphatic heterocycles. The molecule has 196 valence electrons. The molecule has 0 N–H and O–H groups in total. The van der Waals surface area contributed by atoms with E-state index in [0.29, 0.717) is 19.0 Å². The van der Waals surface area contributed by atoms with Crippen LogP contribution in [0.25, 0.3) is 0 Å². The third-order valence-electron chi connectivity index (χ3n) is 5.71. The minimum atomic E-state index is -0.234. The van der Waals surface area contributed by atoms with E-state index in [2.05, 4.69) is 9.47 Å². The van der Waals surface area contributed by atoms with Crippen LogP contribution >= 0.6 is 0 Å². The van der Waals surface area contributed by atoms with Crippen molar-refractivity contribution in [3.8, 4) is 11.5 Å². The highest BCUT2D eigenvalue weighted by Crippen LogP contribution is 2.27. The molecule has 2 rings (SSSR count). The van der Waals surface area contributed by atoms with Crippen molar-refractivity contribution in [1.29, 1.82) is 0 Å². The number of benzene rings is 1. The quantitative estimate of drug-likeness (QED) is 0.479. The summed E-state index contributed by atoms with van der Waals surface area (Å²) in [5, 5.41) is 0. The Morgan fingerprint density at radius 3 is 1.15 bits per heavy atom. The Balaban J connectivity index is 0. The van der Waals surface area contributed by atoms with Crippen molar-refractivity contribution in [2.24, 2.45) is 0 Å². The molecule has 0 bridgehead atoms. The van der Waals surface area contributed by atoms with Crippen molar-refractivity contribution < 1.29 is 37.9 Å².